The van der Waals surface area contributed by atoms with E-state index in [1.807, 2.05) is 0 Å². The number of ketones is 1. The van der Waals surface area contributed by atoms with Crippen LogP contribution in [0.5, 0.6) is 0 Å². The molecule has 0 aromatic heterocycles. The summed E-state index contributed by atoms with van der Waals surface area (Å²) in [5.41, 5.74) is 0. The normalized spacial score (nSPS) is 7.92. The Kier molecular flexibility index (Phi) is 21.2. The second kappa shape index (κ2) is 11.5. The standard InChI is InChI=1S/C3H4O3.2Na.H2O3S2/c1-2(4)3(5)6;;;1-5(2,3)4/h1H3,(H,5,6);;;(H2,1,2,3,4)/q;2*+1;/p-2. The van der Waals surface area contributed by atoms with E-state index in [-0.39, 0.29) is 59.1 Å². The van der Waals surface area contributed by atoms with E-state index in [9.17, 15) is 9.59 Å². The first-order valence-corrected chi connectivity index (χ1v) is 4.38. The molecule has 0 radical (unpaired) electrons. The Morgan fingerprint density at radius 3 is 1.38 bits per heavy atom. The molecule has 0 aliphatic carbocycles. The van der Waals surface area contributed by atoms with Crippen LogP contribution in [-0.2, 0) is 29.8 Å². The van der Waals surface area contributed by atoms with Crippen LogP contribution in [0.2, 0.25) is 0 Å². The molecular formula is C3H4Na2O6S2. The van der Waals surface area contributed by atoms with E-state index in [0.717, 1.165) is 6.92 Å². The van der Waals surface area contributed by atoms with Crippen LogP contribution in [-0.4, -0.2) is 30.2 Å². The number of Topliss-reactive ketones (excluding diaryl/α,β-unsaturated/α-hetero) is 1. The summed E-state index contributed by atoms with van der Waals surface area (Å²) in [6.45, 7) is 1.00. The molecule has 0 heterocycles. The largest absolute Gasteiger partial charge is 1.00 e. The molecule has 0 aromatic rings. The van der Waals surface area contributed by atoms with Gasteiger partial charge >= 0.3 is 65.1 Å². The third-order valence-corrected chi connectivity index (χ3v) is 0.301. The summed E-state index contributed by atoms with van der Waals surface area (Å²) in [5, 5.41) is 7.64. The fraction of sp³-hybridized carbons (Fsp3) is 0.333. The fourth-order valence-corrected chi connectivity index (χ4v) is 0. The van der Waals surface area contributed by atoms with Crippen LogP contribution in [0.3, 0.4) is 0 Å². The van der Waals surface area contributed by atoms with Crippen molar-refractivity contribution >= 4 is 32.0 Å². The van der Waals surface area contributed by atoms with E-state index < -0.39 is 20.8 Å². The molecule has 0 saturated heterocycles. The van der Waals surface area contributed by atoms with Gasteiger partial charge in [-0.1, -0.05) is 0 Å². The Morgan fingerprint density at radius 2 is 1.38 bits per heavy atom. The molecule has 0 aliphatic heterocycles. The molecule has 66 valence electrons. The second-order valence-corrected chi connectivity index (χ2v) is 3.31. The van der Waals surface area contributed by atoms with E-state index in [1.54, 1.807) is 0 Å². The number of carboxylic acids is 1. The van der Waals surface area contributed by atoms with Crippen LogP contribution in [0.15, 0.2) is 0 Å². The average Bonchev–Trinajstić information content (AvgIpc) is 1.59. The zero-order valence-electron chi connectivity index (χ0n) is 7.30. The molecule has 0 spiro atoms. The third kappa shape index (κ3) is 59.5. The predicted octanol–water partition coefficient (Wildman–Crippen LogP) is -7.34. The van der Waals surface area contributed by atoms with Crippen molar-refractivity contribution in [1.82, 2.24) is 0 Å². The van der Waals surface area contributed by atoms with Gasteiger partial charge in [0.1, 0.15) is 0 Å². The van der Waals surface area contributed by atoms with Crippen molar-refractivity contribution in [1.29, 1.82) is 0 Å². The van der Waals surface area contributed by atoms with Gasteiger partial charge in [-0.3, -0.25) is 9.00 Å². The molecule has 6 nitrogen and oxygen atoms in total. The van der Waals surface area contributed by atoms with Gasteiger partial charge < -0.3 is 14.2 Å². The van der Waals surface area contributed by atoms with Gasteiger partial charge in [0.25, 0.3) is 0 Å². The summed E-state index contributed by atoms with van der Waals surface area (Å²) in [4.78, 5) is 18.9. The minimum atomic E-state index is -4.33. The van der Waals surface area contributed by atoms with E-state index in [1.165, 1.54) is 0 Å². The van der Waals surface area contributed by atoms with Gasteiger partial charge in [-0.25, -0.2) is 4.79 Å². The van der Waals surface area contributed by atoms with Crippen LogP contribution >= 0.6 is 0 Å². The number of carbonyl (C=O) groups is 2. The number of hydrogen-bond donors (Lipinski definition) is 1. The number of hydrogen-bond acceptors (Lipinski definition) is 6. The summed E-state index contributed by atoms with van der Waals surface area (Å²) in [6, 6.07) is 0. The molecule has 13 heavy (non-hydrogen) atoms. The van der Waals surface area contributed by atoms with E-state index >= 15 is 0 Å². The van der Waals surface area contributed by atoms with E-state index in [4.69, 9.17) is 18.4 Å². The number of aliphatic carboxylic acids is 1. The summed E-state index contributed by atoms with van der Waals surface area (Å²) < 4.78 is 26.7. The molecule has 0 atom stereocenters. The summed E-state index contributed by atoms with van der Waals surface area (Å²) in [5.74, 6) is -2.20. The second-order valence-electron chi connectivity index (χ2n) is 1.27. The van der Waals surface area contributed by atoms with Gasteiger partial charge in [0, 0.05) is 6.92 Å². The average molecular weight is 246 g/mol. The maximum atomic E-state index is 9.54. The van der Waals surface area contributed by atoms with Crippen LogP contribution in [0.4, 0.5) is 0 Å². The van der Waals surface area contributed by atoms with Crippen LogP contribution in [0.1, 0.15) is 6.92 Å². The van der Waals surface area contributed by atoms with Crippen molar-refractivity contribution in [2.45, 2.75) is 6.92 Å². The van der Waals surface area contributed by atoms with Crippen molar-refractivity contribution in [2.24, 2.45) is 0 Å². The Morgan fingerprint density at radius 1 is 1.31 bits per heavy atom. The Labute approximate surface area is 124 Å². The van der Waals surface area contributed by atoms with Gasteiger partial charge in [0.2, 0.25) is 5.78 Å². The van der Waals surface area contributed by atoms with E-state index in [2.05, 4.69) is 11.2 Å². The first-order valence-electron chi connectivity index (χ1n) is 2.05. The molecule has 0 aromatic carbocycles. The molecule has 0 fully saturated rings. The number of carbonyl (C=O) groups excluding carboxylic acids is 1. The van der Waals surface area contributed by atoms with Crippen LogP contribution in [0, 0.1) is 0 Å². The van der Waals surface area contributed by atoms with Gasteiger partial charge in [0.15, 0.2) is 0 Å². The topological polar surface area (TPSA) is 118 Å². The maximum absolute atomic E-state index is 9.54. The summed E-state index contributed by atoms with van der Waals surface area (Å²) in [6.07, 6.45) is 0. The summed E-state index contributed by atoms with van der Waals surface area (Å²) >= 11 is 3.24. The number of carboxylic acid groups (broad SMARTS) is 1. The first kappa shape index (κ1) is 23.9. The minimum Gasteiger partial charge on any atom is -0.780 e. The maximum Gasteiger partial charge on any atom is 1.00 e. The molecule has 1 N–H and O–H groups in total. The monoisotopic (exact) mass is 246 g/mol. The van der Waals surface area contributed by atoms with Crippen LogP contribution < -0.4 is 59.1 Å². The molecule has 0 unspecified atom stereocenters. The molecule has 0 rings (SSSR count). The molecule has 0 saturated carbocycles. The first-order chi connectivity index (χ1) is 4.64. The summed E-state index contributed by atoms with van der Waals surface area (Å²) in [7, 11) is -4.33. The van der Waals surface area contributed by atoms with Crippen LogP contribution in [0.25, 0.3) is 0 Å². The Bertz CT molecular complexity index is 227. The van der Waals surface area contributed by atoms with Gasteiger partial charge in [-0.05, 0) is 11.2 Å². The molecule has 0 bridgehead atoms. The predicted molar refractivity (Wildman–Crippen MR) is 35.4 cm³/mol. The third-order valence-electron chi connectivity index (χ3n) is 0.301. The molecular weight excluding hydrogens is 242 g/mol. The molecule has 0 aliphatic rings. The zero-order valence-corrected chi connectivity index (χ0v) is 12.9. The zero-order chi connectivity index (χ0) is 9.65. The Balaban J connectivity index is -0.0000000546. The van der Waals surface area contributed by atoms with Gasteiger partial charge in [0.05, 0.1) is 0 Å². The van der Waals surface area contributed by atoms with Gasteiger partial charge in [-0.2, -0.15) is 0 Å². The van der Waals surface area contributed by atoms with Crippen molar-refractivity contribution in [3.05, 3.63) is 0 Å². The van der Waals surface area contributed by atoms with Crippen molar-refractivity contribution in [3.8, 4) is 0 Å². The molecule has 0 amide bonds. The van der Waals surface area contributed by atoms with Crippen molar-refractivity contribution < 1.29 is 87.1 Å². The molecule has 10 heteroatoms. The number of rotatable bonds is 1. The van der Waals surface area contributed by atoms with Crippen molar-refractivity contribution in [2.75, 3.05) is 0 Å². The smallest absolute Gasteiger partial charge is 0.780 e. The fourth-order valence-electron chi connectivity index (χ4n) is 0. The minimum absolute atomic E-state index is 0. The quantitative estimate of drug-likeness (QED) is 0.360. The Hall–Kier alpha value is 1.43. The van der Waals surface area contributed by atoms with E-state index in [0.29, 0.717) is 0 Å². The van der Waals surface area contributed by atoms with Crippen molar-refractivity contribution in [3.63, 3.8) is 0 Å². The SMILES string of the molecule is CC(=O)C(=O)O.O=S([O-])([O-])=S.[Na+].[Na+]. The van der Waals surface area contributed by atoms with Gasteiger partial charge in [-0.15, -0.1) is 9.05 Å².